The van der Waals surface area contributed by atoms with Crippen LogP contribution in [0, 0.1) is 0 Å². The van der Waals surface area contributed by atoms with Gasteiger partial charge in [-0.2, -0.15) is 0 Å². The lowest BCUT2D eigenvalue weighted by molar-refractivity contribution is -0.129. The number of epoxide rings is 1. The summed E-state index contributed by atoms with van der Waals surface area (Å²) in [5, 5.41) is 7.48. The van der Waals surface area contributed by atoms with Gasteiger partial charge in [0.25, 0.3) is 17.7 Å². The van der Waals surface area contributed by atoms with Crippen molar-refractivity contribution in [2.45, 2.75) is 38.0 Å². The smallest absolute Gasteiger partial charge is 0.270 e. The molecule has 1 aliphatic heterocycles. The number of aryl methyl sites for hydroxylation is 1. The number of benzene rings is 2. The Bertz CT molecular complexity index is 1290. The second-order valence-corrected chi connectivity index (χ2v) is 9.53. The first-order valence-electron chi connectivity index (χ1n) is 11.9. The van der Waals surface area contributed by atoms with Gasteiger partial charge in [0.05, 0.1) is 6.04 Å². The fourth-order valence-corrected chi connectivity index (χ4v) is 4.61. The summed E-state index contributed by atoms with van der Waals surface area (Å²) in [7, 11) is 1.45. The molecule has 2 heterocycles. The summed E-state index contributed by atoms with van der Waals surface area (Å²) in [6.45, 7) is 1.93. The Morgan fingerprint density at radius 3 is 2.49 bits per heavy atom. The zero-order chi connectivity index (χ0) is 26.4. The average Bonchev–Trinajstić information content (AvgIpc) is 3.54. The third kappa shape index (κ3) is 6.60. The van der Waals surface area contributed by atoms with E-state index in [0.717, 1.165) is 16.0 Å². The predicted molar refractivity (Wildman–Crippen MR) is 139 cm³/mol. The second-order valence-electron chi connectivity index (χ2n) is 8.58. The molecule has 1 saturated heterocycles. The molecule has 3 aromatic rings. The lowest BCUT2D eigenvalue weighted by Gasteiger charge is -2.17. The number of ether oxygens (including phenoxy) is 1. The Morgan fingerprint density at radius 2 is 1.73 bits per heavy atom. The molecule has 192 valence electrons. The number of carbonyl (C=O) groups excluding carboxylic acids is 4. The number of rotatable bonds is 9. The van der Waals surface area contributed by atoms with Gasteiger partial charge in [-0.25, -0.2) is 0 Å². The van der Waals surface area contributed by atoms with Crippen LogP contribution >= 0.6 is 11.3 Å². The molecule has 1 aliphatic rings. The van der Waals surface area contributed by atoms with Crippen LogP contribution in [0.5, 0.6) is 0 Å². The standard InChI is InChI=1S/C27H28N4O5S/c1-16(18-8-5-9-19(15-18)21-11-6-14-37-21)29-25(33)20-10-4-3-7-17(20)12-13-22(32)30-31-27(35)24-23(36-24)26(34)28-2/h3-11,14-16,23-24H,12-13H2,1-2H3,(H,28,34)(H,29,33)(H,30,32)(H,31,35)/t16-,23?,24?/m1/s1. The second kappa shape index (κ2) is 11.8. The first-order chi connectivity index (χ1) is 17.9. The molecule has 1 fully saturated rings. The number of nitrogens with one attached hydrogen (secondary N) is 4. The molecular weight excluding hydrogens is 492 g/mol. The summed E-state index contributed by atoms with van der Waals surface area (Å²) in [6, 6.07) is 19.0. The Labute approximate surface area is 218 Å². The predicted octanol–water partition coefficient (Wildman–Crippen LogP) is 2.50. The van der Waals surface area contributed by atoms with Crippen molar-refractivity contribution in [2.75, 3.05) is 7.05 Å². The number of likely N-dealkylation sites (N-methyl/N-ethyl adjacent to an activating group) is 1. The molecule has 0 aliphatic carbocycles. The summed E-state index contributed by atoms with van der Waals surface area (Å²) < 4.78 is 5.00. The molecule has 4 N–H and O–H groups in total. The van der Waals surface area contributed by atoms with Gasteiger partial charge >= 0.3 is 0 Å². The summed E-state index contributed by atoms with van der Waals surface area (Å²) in [5.74, 6) is -1.66. The SMILES string of the molecule is CNC(=O)C1OC1C(=O)NNC(=O)CCc1ccccc1C(=O)N[C@H](C)c1cccc(-c2cccs2)c1. The normalized spacial score (nSPS) is 16.8. The van der Waals surface area contributed by atoms with Crippen molar-refractivity contribution in [1.29, 1.82) is 0 Å². The van der Waals surface area contributed by atoms with Gasteiger partial charge in [-0.3, -0.25) is 30.0 Å². The zero-order valence-corrected chi connectivity index (χ0v) is 21.3. The van der Waals surface area contributed by atoms with Crippen LogP contribution in [0.1, 0.15) is 40.9 Å². The Morgan fingerprint density at radius 1 is 0.946 bits per heavy atom. The van der Waals surface area contributed by atoms with Gasteiger partial charge in [0.1, 0.15) is 0 Å². The molecule has 37 heavy (non-hydrogen) atoms. The van der Waals surface area contributed by atoms with Gasteiger partial charge in [0, 0.05) is 23.9 Å². The van der Waals surface area contributed by atoms with Crippen molar-refractivity contribution in [3.05, 3.63) is 82.7 Å². The van der Waals surface area contributed by atoms with E-state index in [-0.39, 0.29) is 18.4 Å². The summed E-state index contributed by atoms with van der Waals surface area (Å²) in [6.07, 6.45) is -1.41. The van der Waals surface area contributed by atoms with Crippen LogP contribution in [-0.4, -0.2) is 42.9 Å². The average molecular weight is 521 g/mol. The third-order valence-electron chi connectivity index (χ3n) is 6.00. The minimum absolute atomic E-state index is 0.0490. The first-order valence-corrected chi connectivity index (χ1v) is 12.7. The van der Waals surface area contributed by atoms with Gasteiger partial charge in [-0.05, 0) is 53.6 Å². The number of hydrogen-bond donors (Lipinski definition) is 4. The third-order valence-corrected chi connectivity index (χ3v) is 6.92. The van der Waals surface area contributed by atoms with Crippen molar-refractivity contribution < 1.29 is 23.9 Å². The maximum atomic E-state index is 13.1. The molecule has 10 heteroatoms. The molecular formula is C27H28N4O5S. The van der Waals surface area contributed by atoms with Crippen LogP contribution in [0.25, 0.3) is 10.4 Å². The first kappa shape index (κ1) is 26.1. The lowest BCUT2D eigenvalue weighted by atomic mass is 10.0. The van der Waals surface area contributed by atoms with Crippen LogP contribution in [0.4, 0.5) is 0 Å². The van der Waals surface area contributed by atoms with Gasteiger partial charge in [0.2, 0.25) is 5.91 Å². The molecule has 1 aromatic heterocycles. The van der Waals surface area contributed by atoms with Crippen LogP contribution in [0.3, 0.4) is 0 Å². The van der Waals surface area contributed by atoms with E-state index >= 15 is 0 Å². The molecule has 4 amide bonds. The Hall–Kier alpha value is -4.02. The molecule has 9 nitrogen and oxygen atoms in total. The fraction of sp³-hybridized carbons (Fsp3) is 0.259. The Balaban J connectivity index is 1.30. The Kier molecular flexibility index (Phi) is 8.32. The number of hydrazine groups is 1. The molecule has 0 spiro atoms. The van der Waals surface area contributed by atoms with Crippen LogP contribution in [-0.2, 0) is 25.5 Å². The minimum atomic E-state index is -0.919. The van der Waals surface area contributed by atoms with Crippen LogP contribution < -0.4 is 21.5 Å². The topological polar surface area (TPSA) is 129 Å². The van der Waals surface area contributed by atoms with E-state index < -0.39 is 29.9 Å². The molecule has 2 aromatic carbocycles. The fourth-order valence-electron chi connectivity index (χ4n) is 3.89. The van der Waals surface area contributed by atoms with E-state index in [0.29, 0.717) is 17.5 Å². The minimum Gasteiger partial charge on any atom is -0.357 e. The van der Waals surface area contributed by atoms with Crippen molar-refractivity contribution in [1.82, 2.24) is 21.5 Å². The largest absolute Gasteiger partial charge is 0.357 e. The van der Waals surface area contributed by atoms with Crippen LogP contribution in [0.2, 0.25) is 0 Å². The number of amides is 4. The van der Waals surface area contributed by atoms with Gasteiger partial charge < -0.3 is 15.4 Å². The van der Waals surface area contributed by atoms with E-state index in [9.17, 15) is 19.2 Å². The van der Waals surface area contributed by atoms with E-state index in [1.807, 2.05) is 42.6 Å². The number of carbonyl (C=O) groups is 4. The molecule has 3 atom stereocenters. The van der Waals surface area contributed by atoms with Crippen molar-refractivity contribution >= 4 is 35.0 Å². The zero-order valence-electron chi connectivity index (χ0n) is 20.4. The van der Waals surface area contributed by atoms with Crippen LogP contribution in [0.15, 0.2) is 66.0 Å². The summed E-state index contributed by atoms with van der Waals surface area (Å²) >= 11 is 1.66. The van der Waals surface area contributed by atoms with Crippen molar-refractivity contribution in [2.24, 2.45) is 0 Å². The molecule has 0 radical (unpaired) electrons. The van der Waals surface area contributed by atoms with Crippen molar-refractivity contribution in [3.63, 3.8) is 0 Å². The number of hydrogen-bond acceptors (Lipinski definition) is 6. The van der Waals surface area contributed by atoms with E-state index in [2.05, 4.69) is 33.6 Å². The lowest BCUT2D eigenvalue weighted by Crippen LogP contribution is -2.45. The van der Waals surface area contributed by atoms with E-state index in [4.69, 9.17) is 4.74 Å². The quantitative estimate of drug-likeness (QED) is 0.255. The maximum Gasteiger partial charge on any atom is 0.270 e. The van der Waals surface area contributed by atoms with Crippen molar-refractivity contribution in [3.8, 4) is 10.4 Å². The van der Waals surface area contributed by atoms with E-state index in [1.165, 1.54) is 7.05 Å². The van der Waals surface area contributed by atoms with Gasteiger partial charge in [-0.1, -0.05) is 42.5 Å². The van der Waals surface area contributed by atoms with Gasteiger partial charge in [0.15, 0.2) is 12.2 Å². The summed E-state index contributed by atoms with van der Waals surface area (Å²) in [5.41, 5.74) is 7.88. The molecule has 4 rings (SSSR count). The molecule has 0 bridgehead atoms. The maximum absolute atomic E-state index is 13.1. The molecule has 2 unspecified atom stereocenters. The highest BCUT2D eigenvalue weighted by Gasteiger charge is 2.50. The molecule has 0 saturated carbocycles. The van der Waals surface area contributed by atoms with E-state index in [1.54, 1.807) is 29.5 Å². The van der Waals surface area contributed by atoms with Gasteiger partial charge in [-0.15, -0.1) is 11.3 Å². The monoisotopic (exact) mass is 520 g/mol. The highest BCUT2D eigenvalue weighted by molar-refractivity contribution is 7.13. The highest BCUT2D eigenvalue weighted by Crippen LogP contribution is 2.27. The summed E-state index contributed by atoms with van der Waals surface area (Å²) in [4.78, 5) is 50.0. The highest BCUT2D eigenvalue weighted by atomic mass is 32.1. The number of thiophene rings is 1.